The largest absolute Gasteiger partial charge is 0.385 e. The number of hydrogen-bond acceptors (Lipinski definition) is 5. The first-order valence-corrected chi connectivity index (χ1v) is 14.3. The van der Waals surface area contributed by atoms with Crippen LogP contribution in [-0.2, 0) is 11.2 Å². The van der Waals surface area contributed by atoms with Gasteiger partial charge in [0.1, 0.15) is 5.82 Å². The van der Waals surface area contributed by atoms with Gasteiger partial charge >= 0.3 is 0 Å². The first kappa shape index (κ1) is 27.3. The lowest BCUT2D eigenvalue weighted by molar-refractivity contribution is 0.195. The maximum atomic E-state index is 5.28. The molecule has 4 rings (SSSR count). The van der Waals surface area contributed by atoms with Crippen molar-refractivity contribution in [3.63, 3.8) is 0 Å². The molecule has 0 spiro atoms. The first-order valence-electron chi connectivity index (χ1n) is 14.3. The minimum Gasteiger partial charge on any atom is -0.385 e. The van der Waals surface area contributed by atoms with Crippen molar-refractivity contribution in [1.82, 2.24) is 10.3 Å². The summed E-state index contributed by atoms with van der Waals surface area (Å²) >= 11 is 0. The fraction of sp³-hybridized carbons (Fsp3) is 0.531. The average molecular weight is 503 g/mol. The van der Waals surface area contributed by atoms with Gasteiger partial charge in [-0.3, -0.25) is 0 Å². The van der Waals surface area contributed by atoms with Gasteiger partial charge < -0.3 is 20.3 Å². The number of rotatable bonds is 13. The number of hydrogen-bond donors (Lipinski definition) is 2. The smallest absolute Gasteiger partial charge is 0.140 e. The van der Waals surface area contributed by atoms with Crippen molar-refractivity contribution >= 4 is 29.0 Å². The van der Waals surface area contributed by atoms with Crippen LogP contribution in [0.3, 0.4) is 0 Å². The fourth-order valence-corrected chi connectivity index (χ4v) is 5.40. The molecule has 0 amide bonds. The summed E-state index contributed by atoms with van der Waals surface area (Å²) in [6.45, 7) is 12.0. The molecule has 2 N–H and O–H groups in total. The van der Waals surface area contributed by atoms with Gasteiger partial charge in [0.2, 0.25) is 0 Å². The minimum absolute atomic E-state index is 0.638. The highest BCUT2D eigenvalue weighted by atomic mass is 16.5. The lowest BCUT2D eigenvalue weighted by Gasteiger charge is -2.32. The van der Waals surface area contributed by atoms with Crippen molar-refractivity contribution in [1.29, 1.82) is 0 Å². The molecule has 5 nitrogen and oxygen atoms in total. The molecule has 1 aromatic heterocycles. The SMILES string of the molecule is CC/C=C1\NC=Cc2cc(CCCOC)nc(Nc3ccc(N(CCC4CCC4)CC(C)C)c(C)c3)c21. The molecule has 200 valence electrons. The highest BCUT2D eigenvalue weighted by Gasteiger charge is 2.21. The number of benzene rings is 1. The number of aryl methyl sites for hydroxylation is 2. The maximum absolute atomic E-state index is 5.28. The van der Waals surface area contributed by atoms with Crippen molar-refractivity contribution in [2.24, 2.45) is 11.8 Å². The van der Waals surface area contributed by atoms with Crippen LogP contribution in [0.5, 0.6) is 0 Å². The predicted octanol–water partition coefficient (Wildman–Crippen LogP) is 7.69. The van der Waals surface area contributed by atoms with Gasteiger partial charge in [-0.25, -0.2) is 4.98 Å². The molecule has 1 aliphatic carbocycles. The lowest BCUT2D eigenvalue weighted by Crippen LogP contribution is -2.31. The van der Waals surface area contributed by atoms with Crippen LogP contribution in [0.25, 0.3) is 11.8 Å². The van der Waals surface area contributed by atoms with Gasteiger partial charge in [-0.2, -0.15) is 0 Å². The quantitative estimate of drug-likeness (QED) is 0.275. The zero-order valence-electron chi connectivity index (χ0n) is 23.6. The second-order valence-electron chi connectivity index (χ2n) is 11.1. The van der Waals surface area contributed by atoms with E-state index < -0.39 is 0 Å². The van der Waals surface area contributed by atoms with Gasteiger partial charge in [-0.1, -0.05) is 46.1 Å². The lowest BCUT2D eigenvalue weighted by atomic mass is 9.83. The van der Waals surface area contributed by atoms with Gasteiger partial charge in [-0.05, 0) is 85.9 Å². The van der Waals surface area contributed by atoms with E-state index in [0.29, 0.717) is 5.92 Å². The van der Waals surface area contributed by atoms with Crippen molar-refractivity contribution in [2.45, 2.75) is 72.6 Å². The zero-order valence-corrected chi connectivity index (χ0v) is 23.6. The average Bonchev–Trinajstić information content (AvgIpc) is 2.83. The third-order valence-electron chi connectivity index (χ3n) is 7.48. The van der Waals surface area contributed by atoms with E-state index >= 15 is 0 Å². The summed E-state index contributed by atoms with van der Waals surface area (Å²) in [7, 11) is 1.76. The van der Waals surface area contributed by atoms with Crippen LogP contribution in [0.15, 0.2) is 36.5 Å². The molecule has 1 saturated carbocycles. The number of anilines is 3. The molecule has 5 heteroatoms. The van der Waals surface area contributed by atoms with Gasteiger partial charge in [0.25, 0.3) is 0 Å². The summed E-state index contributed by atoms with van der Waals surface area (Å²) < 4.78 is 5.28. The minimum atomic E-state index is 0.638. The monoisotopic (exact) mass is 502 g/mol. The third kappa shape index (κ3) is 7.16. The number of ether oxygens (including phenoxy) is 1. The van der Waals surface area contributed by atoms with E-state index in [4.69, 9.17) is 9.72 Å². The molecule has 1 fully saturated rings. The van der Waals surface area contributed by atoms with E-state index in [9.17, 15) is 0 Å². The molecule has 1 aliphatic heterocycles. The molecular weight excluding hydrogens is 456 g/mol. The summed E-state index contributed by atoms with van der Waals surface area (Å²) in [6.07, 6.45) is 14.8. The second kappa shape index (κ2) is 13.1. The van der Waals surface area contributed by atoms with Crippen LogP contribution >= 0.6 is 0 Å². The molecule has 37 heavy (non-hydrogen) atoms. The van der Waals surface area contributed by atoms with Crippen LogP contribution in [0.2, 0.25) is 0 Å². The van der Waals surface area contributed by atoms with Gasteiger partial charge in [0, 0.05) is 61.3 Å². The van der Waals surface area contributed by atoms with E-state index in [1.54, 1.807) is 7.11 Å². The summed E-state index contributed by atoms with van der Waals surface area (Å²) in [5, 5.41) is 7.13. The Morgan fingerprint density at radius 2 is 2.08 bits per heavy atom. The van der Waals surface area contributed by atoms with Crippen LogP contribution in [0.1, 0.15) is 81.7 Å². The van der Waals surface area contributed by atoms with Crippen molar-refractivity contribution in [2.75, 3.05) is 37.0 Å². The Hall–Kier alpha value is -2.79. The van der Waals surface area contributed by atoms with Crippen LogP contribution in [0, 0.1) is 18.8 Å². The molecule has 0 atom stereocenters. The summed E-state index contributed by atoms with van der Waals surface area (Å²) in [6, 6.07) is 9.03. The molecule has 1 aromatic carbocycles. The Morgan fingerprint density at radius 1 is 1.24 bits per heavy atom. The number of methoxy groups -OCH3 is 1. The standard InChI is InChI=1S/C32H46N4O/c1-6-9-29-31-26(15-17-33-29)21-27(12-8-19-37-5)34-32(31)35-28-13-14-30(24(4)20-28)36(22-23(2)3)18-16-25-10-7-11-25/h9,13-15,17,20-21,23,25,33H,6-8,10-12,16,18-19,22H2,1-5H3,(H,34,35)/b29-9-. The maximum Gasteiger partial charge on any atom is 0.140 e. The van der Waals surface area contributed by atoms with E-state index in [2.05, 4.69) is 79.6 Å². The van der Waals surface area contributed by atoms with Crippen LogP contribution < -0.4 is 15.5 Å². The predicted molar refractivity (Wildman–Crippen MR) is 158 cm³/mol. The van der Waals surface area contributed by atoms with Crippen molar-refractivity contribution in [3.05, 3.63) is 58.9 Å². The van der Waals surface area contributed by atoms with Crippen LogP contribution in [-0.4, -0.2) is 31.8 Å². The van der Waals surface area contributed by atoms with Gasteiger partial charge in [0.15, 0.2) is 0 Å². The van der Waals surface area contributed by atoms with Gasteiger partial charge in [0.05, 0.1) is 0 Å². The topological polar surface area (TPSA) is 49.4 Å². The number of allylic oxidation sites excluding steroid dienone is 1. The molecule has 0 unspecified atom stereocenters. The molecule has 2 aliphatic rings. The number of aromatic nitrogens is 1. The van der Waals surface area contributed by atoms with Crippen molar-refractivity contribution < 1.29 is 4.74 Å². The van der Waals surface area contributed by atoms with E-state index in [-0.39, 0.29) is 0 Å². The number of nitrogens with zero attached hydrogens (tertiary/aromatic N) is 2. The summed E-state index contributed by atoms with van der Waals surface area (Å²) in [4.78, 5) is 7.69. The molecule has 0 saturated heterocycles. The molecule has 0 bridgehead atoms. The Kier molecular flexibility index (Phi) is 9.68. The second-order valence-corrected chi connectivity index (χ2v) is 11.1. The number of nitrogens with one attached hydrogen (secondary N) is 2. The summed E-state index contributed by atoms with van der Waals surface area (Å²) in [5.41, 5.74) is 8.31. The van der Waals surface area contributed by atoms with E-state index in [1.165, 1.54) is 42.5 Å². The molecule has 2 heterocycles. The summed E-state index contributed by atoms with van der Waals surface area (Å²) in [5.74, 6) is 2.48. The van der Waals surface area contributed by atoms with E-state index in [1.807, 2.05) is 6.20 Å². The van der Waals surface area contributed by atoms with Crippen LogP contribution in [0.4, 0.5) is 17.2 Å². The molecule has 0 radical (unpaired) electrons. The highest BCUT2D eigenvalue weighted by Crippen LogP contribution is 2.34. The normalized spacial score (nSPS) is 16.0. The number of pyridine rings is 1. The Morgan fingerprint density at radius 3 is 2.76 bits per heavy atom. The Balaban J connectivity index is 1.60. The van der Waals surface area contributed by atoms with Gasteiger partial charge in [-0.15, -0.1) is 0 Å². The Labute approximate surface area is 224 Å². The zero-order chi connectivity index (χ0) is 26.2. The fourth-order valence-electron chi connectivity index (χ4n) is 5.40. The van der Waals surface area contributed by atoms with Crippen molar-refractivity contribution in [3.8, 4) is 0 Å². The third-order valence-corrected chi connectivity index (χ3v) is 7.48. The Bertz CT molecular complexity index is 1100. The highest BCUT2D eigenvalue weighted by molar-refractivity contribution is 5.85. The number of fused-ring (bicyclic) bond motifs is 1. The molecular formula is C32H46N4O. The van der Waals surface area contributed by atoms with E-state index in [0.717, 1.165) is 73.3 Å². The first-order chi connectivity index (χ1) is 18.0. The molecule has 2 aromatic rings.